The van der Waals surface area contributed by atoms with Crippen LogP contribution >= 0.6 is 0 Å². The first-order valence-electron chi connectivity index (χ1n) is 10.2. The summed E-state index contributed by atoms with van der Waals surface area (Å²) in [4.78, 5) is 5.10. The van der Waals surface area contributed by atoms with Gasteiger partial charge in [0.1, 0.15) is 0 Å². The number of hydrogen-bond acceptors (Lipinski definition) is 6. The van der Waals surface area contributed by atoms with Crippen molar-refractivity contribution < 1.29 is 4.74 Å². The minimum atomic E-state index is 0.337. The Hall–Kier alpha value is -1.21. The van der Waals surface area contributed by atoms with Gasteiger partial charge in [-0.15, -0.1) is 0 Å². The molecule has 0 unspecified atom stereocenters. The number of piperidine rings is 1. The van der Waals surface area contributed by atoms with E-state index < -0.39 is 0 Å². The Morgan fingerprint density at radius 2 is 1.76 bits per heavy atom. The maximum atomic E-state index is 5.56. The fourth-order valence-electron chi connectivity index (χ4n) is 5.01. The molecule has 1 aliphatic carbocycles. The van der Waals surface area contributed by atoms with Gasteiger partial charge < -0.3 is 9.64 Å². The number of rotatable bonds is 4. The Kier molecular flexibility index (Phi) is 5.22. The minimum absolute atomic E-state index is 0.337. The molecule has 4 rings (SSSR count). The summed E-state index contributed by atoms with van der Waals surface area (Å²) in [6.07, 6.45) is 10.0. The van der Waals surface area contributed by atoms with Crippen molar-refractivity contribution in [2.24, 2.45) is 0 Å². The normalized spacial score (nSPS) is 26.0. The van der Waals surface area contributed by atoms with Crippen molar-refractivity contribution in [2.75, 3.05) is 44.3 Å². The maximum absolute atomic E-state index is 5.56. The monoisotopic (exact) mass is 348 g/mol. The third-order valence-electron chi connectivity index (χ3n) is 6.71. The average Bonchev–Trinajstić information content (AvgIpc) is 3.19. The Morgan fingerprint density at radius 3 is 2.44 bits per heavy atom. The summed E-state index contributed by atoms with van der Waals surface area (Å²) in [5.74, 6) is 0.999. The van der Waals surface area contributed by atoms with Crippen molar-refractivity contribution in [3.05, 3.63) is 0 Å². The van der Waals surface area contributed by atoms with Crippen molar-refractivity contribution in [3.63, 3.8) is 0 Å². The van der Waals surface area contributed by atoms with E-state index in [-0.39, 0.29) is 0 Å². The number of anilines is 1. The van der Waals surface area contributed by atoms with Gasteiger partial charge in [-0.3, -0.25) is 4.90 Å². The van der Waals surface area contributed by atoms with Crippen molar-refractivity contribution in [1.82, 2.24) is 25.1 Å². The van der Waals surface area contributed by atoms with Crippen LogP contribution < -0.4 is 4.90 Å². The standard InChI is InChI=1S/C18H32N6O/c1-2-18(23-12-14-25-15-13-23)8-10-22(11-9-18)17-19-20-21-24(17)16-6-4-3-5-7-16/h16H,2-15H2,1H3. The summed E-state index contributed by atoms with van der Waals surface area (Å²) in [5, 5.41) is 12.8. The van der Waals surface area contributed by atoms with E-state index in [2.05, 4.69) is 36.9 Å². The Bertz CT molecular complexity index is 542. The molecule has 3 aliphatic rings. The molecule has 0 atom stereocenters. The SMILES string of the molecule is CCC1(N2CCOCC2)CCN(c2nnnn2C2CCCCC2)CC1. The molecule has 25 heavy (non-hydrogen) atoms. The van der Waals surface area contributed by atoms with E-state index in [9.17, 15) is 0 Å². The fraction of sp³-hybridized carbons (Fsp3) is 0.944. The Balaban J connectivity index is 1.44. The van der Waals surface area contributed by atoms with Crippen LogP contribution in [-0.2, 0) is 4.74 Å². The zero-order chi connectivity index (χ0) is 17.1. The maximum Gasteiger partial charge on any atom is 0.245 e. The summed E-state index contributed by atoms with van der Waals surface area (Å²) < 4.78 is 7.68. The highest BCUT2D eigenvalue weighted by Crippen LogP contribution is 2.35. The van der Waals surface area contributed by atoms with Crippen LogP contribution in [0.1, 0.15) is 64.3 Å². The van der Waals surface area contributed by atoms with Crippen LogP contribution in [0.5, 0.6) is 0 Å². The van der Waals surface area contributed by atoms with Gasteiger partial charge in [-0.25, -0.2) is 4.68 Å². The summed E-state index contributed by atoms with van der Waals surface area (Å²) in [6, 6.07) is 0.496. The quantitative estimate of drug-likeness (QED) is 0.832. The van der Waals surface area contributed by atoms with E-state index in [4.69, 9.17) is 4.74 Å². The molecule has 0 aromatic carbocycles. The summed E-state index contributed by atoms with van der Waals surface area (Å²) in [6.45, 7) is 8.37. The second-order valence-electron chi connectivity index (χ2n) is 7.88. The van der Waals surface area contributed by atoms with Gasteiger partial charge in [0.15, 0.2) is 0 Å². The molecule has 2 saturated heterocycles. The van der Waals surface area contributed by atoms with E-state index >= 15 is 0 Å². The number of morpholine rings is 1. The van der Waals surface area contributed by atoms with Crippen LogP contribution in [0, 0.1) is 0 Å². The molecular formula is C18H32N6O. The molecule has 3 heterocycles. The lowest BCUT2D eigenvalue weighted by Crippen LogP contribution is -2.58. The smallest absolute Gasteiger partial charge is 0.245 e. The van der Waals surface area contributed by atoms with E-state index in [1.807, 2.05) is 0 Å². The zero-order valence-corrected chi connectivity index (χ0v) is 15.6. The lowest BCUT2D eigenvalue weighted by atomic mass is 9.83. The van der Waals surface area contributed by atoms with Crippen LogP contribution in [0.2, 0.25) is 0 Å². The molecule has 7 nitrogen and oxygen atoms in total. The third kappa shape index (κ3) is 3.40. The number of tetrazole rings is 1. The van der Waals surface area contributed by atoms with Crippen LogP contribution in [0.3, 0.4) is 0 Å². The molecule has 1 aromatic heterocycles. The van der Waals surface area contributed by atoms with Gasteiger partial charge in [-0.2, -0.15) is 0 Å². The van der Waals surface area contributed by atoms with Crippen LogP contribution in [0.4, 0.5) is 5.95 Å². The predicted octanol–water partition coefficient (Wildman–Crippen LogP) is 2.26. The first kappa shape index (κ1) is 17.2. The van der Waals surface area contributed by atoms with Crippen molar-refractivity contribution in [2.45, 2.75) is 69.9 Å². The predicted molar refractivity (Wildman–Crippen MR) is 96.8 cm³/mol. The first-order chi connectivity index (χ1) is 12.3. The molecule has 0 amide bonds. The molecule has 1 saturated carbocycles. The number of ether oxygens (including phenoxy) is 1. The van der Waals surface area contributed by atoms with Crippen LogP contribution in [0.15, 0.2) is 0 Å². The summed E-state index contributed by atoms with van der Waals surface area (Å²) in [5.41, 5.74) is 0.337. The molecule has 0 N–H and O–H groups in total. The zero-order valence-electron chi connectivity index (χ0n) is 15.6. The van der Waals surface area contributed by atoms with Crippen LogP contribution in [-0.4, -0.2) is 70.0 Å². The molecule has 0 radical (unpaired) electrons. The first-order valence-corrected chi connectivity index (χ1v) is 10.2. The van der Waals surface area contributed by atoms with Gasteiger partial charge >= 0.3 is 0 Å². The van der Waals surface area contributed by atoms with Gasteiger partial charge in [0, 0.05) is 31.7 Å². The topological polar surface area (TPSA) is 59.3 Å². The molecule has 1 aromatic rings. The highest BCUT2D eigenvalue weighted by atomic mass is 16.5. The fourth-order valence-corrected chi connectivity index (χ4v) is 5.01. The molecular weight excluding hydrogens is 316 g/mol. The molecule has 3 fully saturated rings. The van der Waals surface area contributed by atoms with Crippen molar-refractivity contribution in [3.8, 4) is 0 Å². The lowest BCUT2D eigenvalue weighted by Gasteiger charge is -2.50. The van der Waals surface area contributed by atoms with E-state index in [0.29, 0.717) is 11.6 Å². The van der Waals surface area contributed by atoms with Gasteiger partial charge in [0.25, 0.3) is 0 Å². The summed E-state index contributed by atoms with van der Waals surface area (Å²) >= 11 is 0. The van der Waals surface area contributed by atoms with Crippen molar-refractivity contribution >= 4 is 5.95 Å². The van der Waals surface area contributed by atoms with Crippen molar-refractivity contribution in [1.29, 1.82) is 0 Å². The van der Waals surface area contributed by atoms with E-state index in [1.165, 1.54) is 51.4 Å². The van der Waals surface area contributed by atoms with Gasteiger partial charge in [-0.1, -0.05) is 31.3 Å². The average molecular weight is 348 g/mol. The van der Waals surface area contributed by atoms with E-state index in [0.717, 1.165) is 45.3 Å². The number of hydrogen-bond donors (Lipinski definition) is 0. The molecule has 0 bridgehead atoms. The molecule has 7 heteroatoms. The molecule has 2 aliphatic heterocycles. The minimum Gasteiger partial charge on any atom is -0.379 e. The van der Waals surface area contributed by atoms with Gasteiger partial charge in [0.2, 0.25) is 5.95 Å². The highest BCUT2D eigenvalue weighted by Gasteiger charge is 2.40. The van der Waals surface area contributed by atoms with Gasteiger partial charge in [-0.05, 0) is 42.5 Å². The van der Waals surface area contributed by atoms with E-state index in [1.54, 1.807) is 0 Å². The van der Waals surface area contributed by atoms with Crippen LogP contribution in [0.25, 0.3) is 0 Å². The largest absolute Gasteiger partial charge is 0.379 e. The Morgan fingerprint density at radius 1 is 1.04 bits per heavy atom. The molecule has 0 spiro atoms. The number of aromatic nitrogens is 4. The van der Waals surface area contributed by atoms with Gasteiger partial charge in [0.05, 0.1) is 19.3 Å². The summed E-state index contributed by atoms with van der Waals surface area (Å²) in [7, 11) is 0. The lowest BCUT2D eigenvalue weighted by molar-refractivity contribution is -0.0342. The second-order valence-corrected chi connectivity index (χ2v) is 7.88. The third-order valence-corrected chi connectivity index (χ3v) is 6.71. The Labute approximate surface area is 150 Å². The highest BCUT2D eigenvalue weighted by molar-refractivity contribution is 5.30. The second kappa shape index (κ2) is 7.58. The molecule has 140 valence electrons. The number of nitrogens with zero attached hydrogens (tertiary/aromatic N) is 6.